The van der Waals surface area contributed by atoms with E-state index < -0.39 is 18.0 Å². The van der Waals surface area contributed by atoms with Crippen molar-refractivity contribution in [2.45, 2.75) is 20.0 Å². The van der Waals surface area contributed by atoms with E-state index in [-0.39, 0.29) is 33.5 Å². The minimum Gasteiger partial charge on any atom is -0.478 e. The molecule has 0 bridgehead atoms. The third-order valence-corrected chi connectivity index (χ3v) is 4.87. The number of aliphatic carboxylic acids is 1. The molecule has 0 aliphatic carbocycles. The number of aromatic nitrogens is 1. The van der Waals surface area contributed by atoms with Gasteiger partial charge in [0, 0.05) is 27.2 Å². The second-order valence-electron chi connectivity index (χ2n) is 7.05. The molecule has 0 saturated heterocycles. The molecule has 3 aromatic rings. The zero-order chi connectivity index (χ0) is 23.6. The largest absolute Gasteiger partial charge is 0.478 e. The van der Waals surface area contributed by atoms with Crippen LogP contribution in [0.4, 0.5) is 10.5 Å². The van der Waals surface area contributed by atoms with Crippen LogP contribution < -0.4 is 5.32 Å². The topological polar surface area (TPSA) is 129 Å². The Bertz CT molecular complexity index is 1260. The monoisotopic (exact) mass is 476 g/mol. The fraction of sp³-hybridized carbons (Fsp3) is 0.136. The van der Waals surface area contributed by atoms with Crippen LogP contribution >= 0.6 is 23.2 Å². The summed E-state index contributed by atoms with van der Waals surface area (Å²) in [5.74, 6) is -2.60. The fourth-order valence-electron chi connectivity index (χ4n) is 3.12. The molecule has 166 valence electrons. The number of carbonyl (C=O) groups excluding carboxylic acids is 1. The molecule has 32 heavy (non-hydrogen) atoms. The number of nitrogens with one attached hydrogen (secondary N) is 2. The van der Waals surface area contributed by atoms with Crippen molar-refractivity contribution in [2.75, 3.05) is 5.32 Å². The molecule has 0 unspecified atom stereocenters. The number of anilines is 1. The summed E-state index contributed by atoms with van der Waals surface area (Å²) in [5.41, 5.74) is 0.531. The zero-order valence-electron chi connectivity index (χ0n) is 16.9. The average molecular weight is 477 g/mol. The van der Waals surface area contributed by atoms with Crippen LogP contribution in [0.5, 0.6) is 0 Å². The van der Waals surface area contributed by atoms with Gasteiger partial charge in [0.05, 0.1) is 16.7 Å². The standard InChI is InChI=1S/C22H18Cl2N2O6/c1-10(2)32-22(31)25-13-5-3-4-11(6-13)14(20(27)28)9-15-18-16(24)7-12(23)8-17(18)26-19(15)21(29)30/h3-10,26H,1-2H3,(H,25,31)(H,27,28)(H,29,30)/b14-9+. The molecule has 2 aromatic carbocycles. The third kappa shape index (κ3) is 5.04. The van der Waals surface area contributed by atoms with E-state index in [9.17, 15) is 24.6 Å². The second kappa shape index (κ2) is 9.33. The number of fused-ring (bicyclic) bond motifs is 1. The van der Waals surface area contributed by atoms with Crippen LogP contribution in [0.2, 0.25) is 10.0 Å². The summed E-state index contributed by atoms with van der Waals surface area (Å²) in [6, 6.07) is 9.02. The van der Waals surface area contributed by atoms with Crippen molar-refractivity contribution in [2.24, 2.45) is 0 Å². The molecule has 4 N–H and O–H groups in total. The van der Waals surface area contributed by atoms with Gasteiger partial charge in [-0.05, 0) is 49.8 Å². The van der Waals surface area contributed by atoms with Crippen LogP contribution in [0.15, 0.2) is 36.4 Å². The van der Waals surface area contributed by atoms with Gasteiger partial charge < -0.3 is 19.9 Å². The first-order valence-corrected chi connectivity index (χ1v) is 10.1. The molecule has 1 heterocycles. The van der Waals surface area contributed by atoms with Gasteiger partial charge in [-0.15, -0.1) is 0 Å². The number of amides is 1. The molecule has 0 fully saturated rings. The molecule has 0 atom stereocenters. The van der Waals surface area contributed by atoms with Crippen LogP contribution in [0, 0.1) is 0 Å². The first-order chi connectivity index (χ1) is 15.1. The molecule has 0 radical (unpaired) electrons. The fourth-order valence-corrected chi connectivity index (χ4v) is 3.72. The summed E-state index contributed by atoms with van der Waals surface area (Å²) in [4.78, 5) is 38.4. The van der Waals surface area contributed by atoms with Gasteiger partial charge >= 0.3 is 18.0 Å². The van der Waals surface area contributed by atoms with Crippen molar-refractivity contribution in [3.05, 3.63) is 63.3 Å². The molecule has 0 aliphatic rings. The number of aromatic amines is 1. The number of hydrogen-bond donors (Lipinski definition) is 4. The van der Waals surface area contributed by atoms with E-state index in [2.05, 4.69) is 10.3 Å². The maximum atomic E-state index is 12.1. The highest BCUT2D eigenvalue weighted by Gasteiger charge is 2.21. The van der Waals surface area contributed by atoms with Crippen molar-refractivity contribution in [3.8, 4) is 0 Å². The van der Waals surface area contributed by atoms with Crippen molar-refractivity contribution in [3.63, 3.8) is 0 Å². The Balaban J connectivity index is 2.14. The molecule has 8 nitrogen and oxygen atoms in total. The Morgan fingerprint density at radius 3 is 2.47 bits per heavy atom. The number of benzene rings is 2. The van der Waals surface area contributed by atoms with Gasteiger partial charge in [0.2, 0.25) is 0 Å². The molecule has 1 aromatic heterocycles. The predicted molar refractivity (Wildman–Crippen MR) is 122 cm³/mol. The first kappa shape index (κ1) is 23.2. The Labute approximate surface area is 192 Å². The number of ether oxygens (including phenoxy) is 1. The lowest BCUT2D eigenvalue weighted by Crippen LogP contribution is -2.18. The van der Waals surface area contributed by atoms with E-state index in [4.69, 9.17) is 27.9 Å². The molecule has 0 saturated carbocycles. The van der Waals surface area contributed by atoms with Crippen LogP contribution in [-0.4, -0.2) is 39.3 Å². The molecular formula is C22H18Cl2N2O6. The number of carboxylic acids is 2. The highest BCUT2D eigenvalue weighted by atomic mass is 35.5. The quantitative estimate of drug-likeness (QED) is 0.335. The van der Waals surface area contributed by atoms with Crippen LogP contribution in [-0.2, 0) is 9.53 Å². The normalized spacial score (nSPS) is 11.6. The lowest BCUT2D eigenvalue weighted by Gasteiger charge is -2.11. The number of rotatable bonds is 6. The van der Waals surface area contributed by atoms with E-state index >= 15 is 0 Å². The van der Waals surface area contributed by atoms with E-state index in [0.717, 1.165) is 0 Å². The lowest BCUT2D eigenvalue weighted by molar-refractivity contribution is -0.130. The number of carbonyl (C=O) groups is 3. The number of H-pyrrole nitrogens is 1. The predicted octanol–water partition coefficient (Wildman–Crippen LogP) is 5.76. The van der Waals surface area contributed by atoms with E-state index in [1.807, 2.05) is 0 Å². The number of halogens is 2. The Morgan fingerprint density at radius 2 is 1.84 bits per heavy atom. The summed E-state index contributed by atoms with van der Waals surface area (Å²) in [7, 11) is 0. The molecular weight excluding hydrogens is 459 g/mol. The average Bonchev–Trinajstić information content (AvgIpc) is 3.04. The van der Waals surface area contributed by atoms with Gasteiger partial charge in [-0.25, -0.2) is 14.4 Å². The molecule has 3 rings (SSSR count). The van der Waals surface area contributed by atoms with Gasteiger partial charge in [0.1, 0.15) is 5.69 Å². The second-order valence-corrected chi connectivity index (χ2v) is 7.90. The maximum Gasteiger partial charge on any atom is 0.411 e. The van der Waals surface area contributed by atoms with E-state index in [0.29, 0.717) is 21.6 Å². The first-order valence-electron chi connectivity index (χ1n) is 9.34. The summed E-state index contributed by atoms with van der Waals surface area (Å²) in [5, 5.41) is 22.8. The Hall–Kier alpha value is -3.49. The zero-order valence-corrected chi connectivity index (χ0v) is 18.4. The highest BCUT2D eigenvalue weighted by molar-refractivity contribution is 6.39. The Morgan fingerprint density at radius 1 is 1.12 bits per heavy atom. The number of aromatic carboxylic acids is 1. The molecule has 1 amide bonds. The third-order valence-electron chi connectivity index (χ3n) is 4.35. The van der Waals surface area contributed by atoms with Crippen molar-refractivity contribution in [1.29, 1.82) is 0 Å². The van der Waals surface area contributed by atoms with Crippen LogP contribution in [0.3, 0.4) is 0 Å². The summed E-state index contributed by atoms with van der Waals surface area (Å²) >= 11 is 12.3. The maximum absolute atomic E-state index is 12.1. The SMILES string of the molecule is CC(C)OC(=O)Nc1cccc(/C(=C\c2c(C(=O)O)[nH]c3cc(Cl)cc(Cl)c23)C(=O)O)c1. The minimum absolute atomic E-state index is 0.0872. The molecule has 10 heteroatoms. The summed E-state index contributed by atoms with van der Waals surface area (Å²) in [6.07, 6.45) is 0.198. The van der Waals surface area contributed by atoms with Crippen molar-refractivity contribution >= 4 is 69.5 Å². The van der Waals surface area contributed by atoms with Crippen molar-refractivity contribution < 1.29 is 29.3 Å². The van der Waals surface area contributed by atoms with Gasteiger partial charge in [-0.3, -0.25) is 5.32 Å². The Kier molecular flexibility index (Phi) is 6.76. The van der Waals surface area contributed by atoms with Crippen LogP contribution in [0.1, 0.15) is 35.5 Å². The summed E-state index contributed by atoms with van der Waals surface area (Å²) in [6.45, 7) is 3.39. The lowest BCUT2D eigenvalue weighted by atomic mass is 10.0. The van der Waals surface area contributed by atoms with Gasteiger partial charge in [0.25, 0.3) is 0 Å². The van der Waals surface area contributed by atoms with Crippen LogP contribution in [0.25, 0.3) is 22.6 Å². The van der Waals surface area contributed by atoms with Gasteiger partial charge in [0.15, 0.2) is 0 Å². The smallest absolute Gasteiger partial charge is 0.411 e. The van der Waals surface area contributed by atoms with Gasteiger partial charge in [-0.1, -0.05) is 35.3 Å². The number of carboxylic acid groups (broad SMARTS) is 2. The van der Waals surface area contributed by atoms with E-state index in [1.54, 1.807) is 26.0 Å². The molecule has 0 spiro atoms. The van der Waals surface area contributed by atoms with Crippen molar-refractivity contribution in [1.82, 2.24) is 4.98 Å². The summed E-state index contributed by atoms with van der Waals surface area (Å²) < 4.78 is 5.02. The minimum atomic E-state index is -1.30. The molecule has 0 aliphatic heterocycles. The van der Waals surface area contributed by atoms with Gasteiger partial charge in [-0.2, -0.15) is 0 Å². The highest BCUT2D eigenvalue weighted by Crippen LogP contribution is 2.35. The van der Waals surface area contributed by atoms with E-state index in [1.165, 1.54) is 30.3 Å². The number of hydrogen-bond acceptors (Lipinski definition) is 4.